The van der Waals surface area contributed by atoms with Crippen molar-refractivity contribution in [2.24, 2.45) is 0 Å². The Balaban J connectivity index is 2.09. The Kier molecular flexibility index (Phi) is 3.58. The first kappa shape index (κ1) is 13.6. The van der Waals surface area contributed by atoms with Gasteiger partial charge in [0.05, 0.1) is 4.92 Å². The first-order chi connectivity index (χ1) is 10.1. The number of fused-ring (bicyclic) bond motifs is 1. The quantitative estimate of drug-likeness (QED) is 0.478. The Labute approximate surface area is 129 Å². The molecular weight excluding hydrogens is 334 g/mol. The van der Waals surface area contributed by atoms with Gasteiger partial charge in [-0.1, -0.05) is 52.3 Å². The molecule has 0 spiro atoms. The summed E-state index contributed by atoms with van der Waals surface area (Å²) in [4.78, 5) is 10.7. The van der Waals surface area contributed by atoms with E-state index in [4.69, 9.17) is 4.74 Å². The number of halogens is 1. The predicted molar refractivity (Wildman–Crippen MR) is 84.8 cm³/mol. The van der Waals surface area contributed by atoms with Gasteiger partial charge in [-0.3, -0.25) is 10.1 Å². The van der Waals surface area contributed by atoms with Gasteiger partial charge in [0.25, 0.3) is 0 Å². The molecule has 0 unspecified atom stereocenters. The second-order valence-corrected chi connectivity index (χ2v) is 5.36. The van der Waals surface area contributed by atoms with Gasteiger partial charge in [-0.05, 0) is 23.6 Å². The number of ether oxygens (including phenoxy) is 1. The summed E-state index contributed by atoms with van der Waals surface area (Å²) >= 11 is 3.23. The largest absolute Gasteiger partial charge is 0.449 e. The lowest BCUT2D eigenvalue weighted by Crippen LogP contribution is -1.94. The number of rotatable bonds is 3. The summed E-state index contributed by atoms with van der Waals surface area (Å²) in [5.74, 6) is 0.818. The predicted octanol–water partition coefficient (Wildman–Crippen LogP) is 5.30. The highest BCUT2D eigenvalue weighted by Crippen LogP contribution is 2.36. The summed E-state index contributed by atoms with van der Waals surface area (Å²) in [5.41, 5.74) is -0.0719. The highest BCUT2D eigenvalue weighted by atomic mass is 79.9. The second kappa shape index (κ2) is 5.54. The molecule has 3 aromatic carbocycles. The van der Waals surface area contributed by atoms with Gasteiger partial charge in [0.15, 0.2) is 0 Å². The van der Waals surface area contributed by atoms with E-state index in [2.05, 4.69) is 15.9 Å². The first-order valence-corrected chi connectivity index (χ1v) is 7.04. The molecule has 3 aromatic rings. The van der Waals surface area contributed by atoms with E-state index in [0.717, 1.165) is 10.8 Å². The minimum Gasteiger partial charge on any atom is -0.449 e. The second-order valence-electron chi connectivity index (χ2n) is 4.45. The average Bonchev–Trinajstić information content (AvgIpc) is 2.49. The molecule has 0 saturated heterocycles. The normalized spacial score (nSPS) is 10.5. The van der Waals surface area contributed by atoms with Crippen LogP contribution < -0.4 is 4.74 Å². The molecule has 5 heteroatoms. The molecule has 0 fully saturated rings. The van der Waals surface area contributed by atoms with Crippen LogP contribution >= 0.6 is 15.9 Å². The Morgan fingerprint density at radius 2 is 1.71 bits per heavy atom. The Morgan fingerprint density at radius 1 is 0.952 bits per heavy atom. The van der Waals surface area contributed by atoms with Crippen molar-refractivity contribution in [3.8, 4) is 11.5 Å². The molecule has 0 heterocycles. The molecule has 104 valence electrons. The van der Waals surface area contributed by atoms with Crippen LogP contribution in [0.4, 0.5) is 5.69 Å². The zero-order valence-electron chi connectivity index (χ0n) is 10.8. The van der Waals surface area contributed by atoms with E-state index in [0.29, 0.717) is 10.2 Å². The van der Waals surface area contributed by atoms with Crippen molar-refractivity contribution in [1.82, 2.24) is 0 Å². The molecule has 4 nitrogen and oxygen atoms in total. The van der Waals surface area contributed by atoms with E-state index in [1.54, 1.807) is 18.2 Å². The van der Waals surface area contributed by atoms with Crippen molar-refractivity contribution in [1.29, 1.82) is 0 Å². The molecule has 0 atom stereocenters. The minimum atomic E-state index is -0.453. The topological polar surface area (TPSA) is 52.4 Å². The molecule has 0 amide bonds. The van der Waals surface area contributed by atoms with Gasteiger partial charge < -0.3 is 4.74 Å². The summed E-state index contributed by atoms with van der Waals surface area (Å²) in [6, 6.07) is 18.1. The molecule has 0 saturated carbocycles. The Hall–Kier alpha value is -2.40. The summed E-state index contributed by atoms with van der Waals surface area (Å²) in [6.07, 6.45) is 0. The summed E-state index contributed by atoms with van der Waals surface area (Å²) in [6.45, 7) is 0. The van der Waals surface area contributed by atoms with Gasteiger partial charge >= 0.3 is 5.69 Å². The Bertz CT molecular complexity index is 827. The molecule has 0 radical (unpaired) electrons. The third kappa shape index (κ3) is 2.73. The average molecular weight is 344 g/mol. The van der Waals surface area contributed by atoms with Crippen molar-refractivity contribution >= 4 is 32.4 Å². The van der Waals surface area contributed by atoms with Crippen LogP contribution in [0.25, 0.3) is 10.8 Å². The fraction of sp³-hybridized carbons (Fsp3) is 0. The van der Waals surface area contributed by atoms with Crippen molar-refractivity contribution < 1.29 is 9.66 Å². The lowest BCUT2D eigenvalue weighted by Gasteiger charge is -2.09. The smallest absolute Gasteiger partial charge is 0.312 e. The highest BCUT2D eigenvalue weighted by molar-refractivity contribution is 9.10. The molecule has 21 heavy (non-hydrogen) atoms. The molecular formula is C16H10BrNO3. The van der Waals surface area contributed by atoms with Crippen molar-refractivity contribution in [3.63, 3.8) is 0 Å². The van der Waals surface area contributed by atoms with Crippen LogP contribution in [0.2, 0.25) is 0 Å². The van der Waals surface area contributed by atoms with Gasteiger partial charge in [0, 0.05) is 15.9 Å². The number of hydrogen-bond acceptors (Lipinski definition) is 3. The van der Waals surface area contributed by atoms with Crippen LogP contribution in [-0.4, -0.2) is 4.92 Å². The van der Waals surface area contributed by atoms with E-state index < -0.39 is 4.92 Å². The van der Waals surface area contributed by atoms with Gasteiger partial charge in [-0.15, -0.1) is 0 Å². The Morgan fingerprint density at radius 3 is 2.52 bits per heavy atom. The maximum Gasteiger partial charge on any atom is 0.312 e. The van der Waals surface area contributed by atoms with E-state index >= 15 is 0 Å². The van der Waals surface area contributed by atoms with Crippen molar-refractivity contribution in [2.75, 3.05) is 0 Å². The zero-order chi connectivity index (χ0) is 14.8. The molecule has 0 aliphatic heterocycles. The van der Waals surface area contributed by atoms with Crippen LogP contribution in [0.1, 0.15) is 0 Å². The van der Waals surface area contributed by atoms with Crippen molar-refractivity contribution in [2.45, 2.75) is 0 Å². The lowest BCUT2D eigenvalue weighted by molar-refractivity contribution is -0.385. The van der Waals surface area contributed by atoms with E-state index in [1.165, 1.54) is 6.07 Å². The number of hydrogen-bond donors (Lipinski definition) is 0. The maximum atomic E-state index is 11.1. The number of nitrogens with zero attached hydrogens (tertiary/aromatic N) is 1. The van der Waals surface area contributed by atoms with Crippen molar-refractivity contribution in [3.05, 3.63) is 75.3 Å². The van der Waals surface area contributed by atoms with Crippen LogP contribution in [-0.2, 0) is 0 Å². The van der Waals surface area contributed by atoms with Crippen LogP contribution in [0, 0.1) is 10.1 Å². The molecule has 0 aliphatic carbocycles. The standard InChI is InChI=1S/C16H10BrNO3/c17-12-8-9-16(14(10-12)18(19)20)21-15-7-3-5-11-4-1-2-6-13(11)15/h1-10H. The van der Waals surface area contributed by atoms with Crippen LogP contribution in [0.3, 0.4) is 0 Å². The zero-order valence-corrected chi connectivity index (χ0v) is 12.4. The van der Waals surface area contributed by atoms with E-state index in [-0.39, 0.29) is 11.4 Å². The van der Waals surface area contributed by atoms with Gasteiger partial charge in [-0.2, -0.15) is 0 Å². The number of benzene rings is 3. The molecule has 3 rings (SSSR count). The summed E-state index contributed by atoms with van der Waals surface area (Å²) < 4.78 is 6.41. The highest BCUT2D eigenvalue weighted by Gasteiger charge is 2.17. The van der Waals surface area contributed by atoms with Gasteiger partial charge in [0.1, 0.15) is 5.75 Å². The molecule has 0 aliphatic rings. The van der Waals surface area contributed by atoms with Gasteiger partial charge in [0.2, 0.25) is 5.75 Å². The summed E-state index contributed by atoms with van der Waals surface area (Å²) in [7, 11) is 0. The third-order valence-corrected chi connectivity index (χ3v) is 3.58. The summed E-state index contributed by atoms with van der Waals surface area (Å²) in [5, 5.41) is 13.1. The molecule has 0 N–H and O–H groups in total. The SMILES string of the molecule is O=[N+]([O-])c1cc(Br)ccc1Oc1cccc2ccccc12. The monoisotopic (exact) mass is 343 g/mol. The number of nitro groups is 1. The molecule has 0 bridgehead atoms. The van der Waals surface area contributed by atoms with Crippen LogP contribution in [0.5, 0.6) is 11.5 Å². The fourth-order valence-corrected chi connectivity index (χ4v) is 2.47. The molecule has 0 aromatic heterocycles. The first-order valence-electron chi connectivity index (χ1n) is 6.25. The fourth-order valence-electron chi connectivity index (χ4n) is 2.12. The number of nitro benzene ring substituents is 1. The van der Waals surface area contributed by atoms with Crippen LogP contribution in [0.15, 0.2) is 65.1 Å². The lowest BCUT2D eigenvalue weighted by atomic mass is 10.1. The third-order valence-electron chi connectivity index (χ3n) is 3.09. The van der Waals surface area contributed by atoms with Gasteiger partial charge in [-0.25, -0.2) is 0 Å². The maximum absolute atomic E-state index is 11.1. The van der Waals surface area contributed by atoms with E-state index in [9.17, 15) is 10.1 Å². The van der Waals surface area contributed by atoms with E-state index in [1.807, 2.05) is 36.4 Å². The minimum absolute atomic E-state index is 0.0719.